The molecule has 0 atom stereocenters. The number of rotatable bonds is 2. The van der Waals surface area contributed by atoms with Gasteiger partial charge < -0.3 is 24.8 Å². The van der Waals surface area contributed by atoms with Crippen LogP contribution in [0.1, 0.15) is 43.5 Å². The molecule has 158 valence electrons. The van der Waals surface area contributed by atoms with Crippen LogP contribution in [-0.2, 0) is 21.0 Å². The zero-order chi connectivity index (χ0) is 20.2. The van der Waals surface area contributed by atoms with Crippen molar-refractivity contribution in [2.45, 2.75) is 21.2 Å². The van der Waals surface area contributed by atoms with Crippen molar-refractivity contribution in [1.82, 2.24) is 0 Å². The summed E-state index contributed by atoms with van der Waals surface area (Å²) in [5.41, 5.74) is 12.1. The van der Waals surface area contributed by atoms with Crippen molar-refractivity contribution in [2.24, 2.45) is 0 Å². The Morgan fingerprint density at radius 3 is 0.969 bits per heavy atom. The summed E-state index contributed by atoms with van der Waals surface area (Å²) in [4.78, 5) is 0. The van der Waals surface area contributed by atoms with Crippen LogP contribution in [0.2, 0.25) is 0 Å². The van der Waals surface area contributed by atoms with E-state index in [9.17, 15) is 0 Å². The maximum atomic E-state index is 2.43. The molecule has 4 aromatic carbocycles. The van der Waals surface area contributed by atoms with Gasteiger partial charge in [0, 0.05) is 0 Å². The minimum atomic E-state index is -2.44. The zero-order valence-corrected chi connectivity index (χ0v) is 23.3. The second-order valence-corrected chi connectivity index (χ2v) is 19.7. The molecule has 0 saturated carbocycles. The van der Waals surface area contributed by atoms with Crippen LogP contribution in [0.15, 0.2) is 97.1 Å². The van der Waals surface area contributed by atoms with Gasteiger partial charge in [-0.1, -0.05) is 0 Å². The van der Waals surface area contributed by atoms with Crippen LogP contribution in [0.4, 0.5) is 0 Å². The van der Waals surface area contributed by atoms with E-state index in [1.54, 1.807) is 25.5 Å². The van der Waals surface area contributed by atoms with E-state index in [1.807, 2.05) is 0 Å². The van der Waals surface area contributed by atoms with Crippen molar-refractivity contribution >= 4 is 3.26 Å². The number of fused-ring (bicyclic) bond motifs is 6. The maximum Gasteiger partial charge on any atom is -1.00 e. The molecule has 0 unspecified atom stereocenters. The predicted molar refractivity (Wildman–Crippen MR) is 124 cm³/mol. The van der Waals surface area contributed by atoms with Crippen molar-refractivity contribution in [3.63, 3.8) is 0 Å². The summed E-state index contributed by atoms with van der Waals surface area (Å²) in [6, 6.07) is 36.7. The van der Waals surface area contributed by atoms with Gasteiger partial charge >= 0.3 is 187 Å². The summed E-state index contributed by atoms with van der Waals surface area (Å²) < 4.78 is 2.90. The largest absolute Gasteiger partial charge is 1.00 e. The summed E-state index contributed by atoms with van der Waals surface area (Å²) in [6.45, 7) is 4.85. The molecular weight excluding hydrogens is 598 g/mol. The van der Waals surface area contributed by atoms with Gasteiger partial charge in [-0.3, -0.25) is 0 Å². The van der Waals surface area contributed by atoms with Gasteiger partial charge in [-0.25, -0.2) is 0 Å². The summed E-state index contributed by atoms with van der Waals surface area (Å²) in [7, 11) is 0. The fourth-order valence-electron chi connectivity index (χ4n) is 5.73. The average molecular weight is 622 g/mol. The minimum absolute atomic E-state index is 0. The minimum Gasteiger partial charge on any atom is -1.00 e. The Morgan fingerprint density at radius 1 is 0.469 bits per heavy atom. The van der Waals surface area contributed by atoms with Crippen LogP contribution in [0.25, 0.3) is 22.3 Å². The Hall–Kier alpha value is -1.80. The average Bonchev–Trinajstić information content (AvgIpc) is 3.29. The van der Waals surface area contributed by atoms with Gasteiger partial charge in [0.25, 0.3) is 0 Å². The normalized spacial score (nSPS) is 12.9. The first-order valence-corrected chi connectivity index (χ1v) is 16.7. The fourth-order valence-corrected chi connectivity index (χ4v) is 19.5. The van der Waals surface area contributed by atoms with Crippen LogP contribution in [0, 0.1) is 0 Å². The molecule has 0 nitrogen and oxygen atoms in total. The van der Waals surface area contributed by atoms with E-state index in [-0.39, 0.29) is 24.8 Å². The molecule has 0 aliphatic heterocycles. The van der Waals surface area contributed by atoms with E-state index in [4.69, 9.17) is 0 Å². The molecule has 0 saturated heterocycles. The van der Waals surface area contributed by atoms with Crippen LogP contribution in [0.5, 0.6) is 0 Å². The van der Waals surface area contributed by atoms with Crippen molar-refractivity contribution in [1.29, 1.82) is 0 Å². The smallest absolute Gasteiger partial charge is 1.00 e. The molecule has 0 N–H and O–H groups in total. The van der Waals surface area contributed by atoms with E-state index in [0.29, 0.717) is 7.35 Å². The molecule has 3 heteroatoms. The van der Waals surface area contributed by atoms with Crippen LogP contribution in [-0.4, -0.2) is 3.26 Å². The number of halogens is 2. The van der Waals surface area contributed by atoms with Crippen molar-refractivity contribution in [3.8, 4) is 22.3 Å². The van der Waals surface area contributed by atoms with Gasteiger partial charge in [0.1, 0.15) is 0 Å². The standard InChI is InChI=1S/2C13H9.C3H6.2ClH.Hf/c2*1-3-7-12-10(5-1)9-11-6-2-4-8-13(11)12;1-3-2;;;/h2*1-9H;1-2H3;2*1H;/q;;;;;+2/p-2. The third kappa shape index (κ3) is 3.41. The zero-order valence-electron chi connectivity index (χ0n) is 18.1. The van der Waals surface area contributed by atoms with E-state index in [1.165, 1.54) is 22.3 Å². The van der Waals surface area contributed by atoms with Crippen LogP contribution < -0.4 is 24.8 Å². The second kappa shape index (κ2) is 9.21. The maximum absolute atomic E-state index is 2.44. The van der Waals surface area contributed by atoms with E-state index >= 15 is 0 Å². The summed E-state index contributed by atoms with van der Waals surface area (Å²) in [5, 5.41) is 0. The van der Waals surface area contributed by atoms with E-state index < -0.39 is 21.0 Å². The molecule has 2 aliphatic rings. The van der Waals surface area contributed by atoms with Crippen LogP contribution in [0.3, 0.4) is 0 Å². The van der Waals surface area contributed by atoms with E-state index in [0.717, 1.165) is 0 Å². The molecule has 0 amide bonds. The first-order valence-electron chi connectivity index (χ1n) is 10.8. The molecule has 0 aromatic heterocycles. The van der Waals surface area contributed by atoms with Gasteiger partial charge in [-0.05, 0) is 0 Å². The quantitative estimate of drug-likeness (QED) is 0.297. The molecule has 4 aromatic rings. The molecule has 0 radical (unpaired) electrons. The fraction of sp³-hybridized carbons (Fsp3) is 0.138. The Morgan fingerprint density at radius 2 is 0.719 bits per heavy atom. The summed E-state index contributed by atoms with van der Waals surface area (Å²) >= 11 is -2.44. The van der Waals surface area contributed by atoms with E-state index in [2.05, 4.69) is 111 Å². The van der Waals surface area contributed by atoms with Gasteiger partial charge in [0.2, 0.25) is 0 Å². The summed E-state index contributed by atoms with van der Waals surface area (Å²) in [6.07, 6.45) is 0. The predicted octanol–water partition coefficient (Wildman–Crippen LogP) is 1.36. The number of hydrogen-bond donors (Lipinski definition) is 0. The van der Waals surface area contributed by atoms with Gasteiger partial charge in [0.05, 0.1) is 0 Å². The Kier molecular flexibility index (Phi) is 6.73. The molecule has 0 fully saturated rings. The monoisotopic (exact) mass is 622 g/mol. The summed E-state index contributed by atoms with van der Waals surface area (Å²) in [5.74, 6) is 0. The number of benzene rings is 4. The Labute approximate surface area is 210 Å². The van der Waals surface area contributed by atoms with Gasteiger partial charge in [0.15, 0.2) is 0 Å². The molecule has 0 spiro atoms. The third-order valence-electron chi connectivity index (χ3n) is 6.87. The van der Waals surface area contributed by atoms with Crippen molar-refractivity contribution in [2.75, 3.05) is 0 Å². The SMILES string of the molecule is C[C](C)=[Hf+2]([CH]1c2ccccc2-c2ccccc21)[CH]1c2ccccc2-c2ccccc21.[Cl-].[Cl-]. The van der Waals surface area contributed by atoms with Gasteiger partial charge in [-0.2, -0.15) is 0 Å². The third-order valence-corrected chi connectivity index (χ3v) is 20.0. The molecule has 6 rings (SSSR count). The molecule has 0 bridgehead atoms. The first kappa shape index (κ1) is 23.4. The van der Waals surface area contributed by atoms with Gasteiger partial charge in [-0.15, -0.1) is 0 Å². The molecular formula is C29H24Cl2Hf. The number of hydrogen-bond acceptors (Lipinski definition) is 0. The van der Waals surface area contributed by atoms with Crippen LogP contribution >= 0.6 is 0 Å². The Bertz CT molecular complexity index is 1150. The van der Waals surface area contributed by atoms with Crippen molar-refractivity contribution < 1.29 is 45.8 Å². The second-order valence-electron chi connectivity index (χ2n) is 8.67. The Balaban J connectivity index is 0.00000122. The first-order chi connectivity index (χ1) is 14.8. The van der Waals surface area contributed by atoms with Crippen molar-refractivity contribution in [3.05, 3.63) is 119 Å². The topological polar surface area (TPSA) is 0 Å². The molecule has 32 heavy (non-hydrogen) atoms. The molecule has 0 heterocycles. The molecule has 2 aliphatic carbocycles.